The number of carbonyl (C=O) groups is 6. The van der Waals surface area contributed by atoms with Crippen molar-refractivity contribution in [1.29, 1.82) is 0 Å². The van der Waals surface area contributed by atoms with Crippen LogP contribution < -0.4 is 5.32 Å². The minimum Gasteiger partial charge on any atom is -0.456 e. The molecule has 0 aromatic heterocycles. The fourth-order valence-electron chi connectivity index (χ4n) is 10.6. The Hall–Kier alpha value is -4.38. The van der Waals surface area contributed by atoms with E-state index >= 15 is 4.79 Å². The van der Waals surface area contributed by atoms with E-state index in [1.807, 2.05) is 13.8 Å². The summed E-state index contributed by atoms with van der Waals surface area (Å²) in [5.41, 5.74) is -7.49. The molecule has 336 valence electrons. The molecule has 11 atom stereocenters. The second kappa shape index (κ2) is 17.4. The van der Waals surface area contributed by atoms with Gasteiger partial charge in [0, 0.05) is 31.6 Å². The number of aliphatic hydroxyl groups excluding tert-OH is 2. The maximum absolute atomic E-state index is 15.5. The third-order valence-corrected chi connectivity index (χ3v) is 13.9. The number of esters is 4. The van der Waals surface area contributed by atoms with Crippen LogP contribution in [0.2, 0.25) is 0 Å². The van der Waals surface area contributed by atoms with E-state index < -0.39 is 113 Å². The van der Waals surface area contributed by atoms with Crippen LogP contribution >= 0.6 is 0 Å². The van der Waals surface area contributed by atoms with Gasteiger partial charge in [0.25, 0.3) is 0 Å². The number of hydrogen-bond donors (Lipinski definition) is 4. The molecule has 1 saturated heterocycles. The Morgan fingerprint density at radius 2 is 1.64 bits per heavy atom. The molecule has 16 heteroatoms. The number of alkyl carbamates (subject to hydrolysis) is 1. The molecule has 61 heavy (non-hydrogen) atoms. The number of hydrogen-bond acceptors (Lipinski definition) is 15. The highest BCUT2D eigenvalue weighted by Gasteiger charge is 2.78. The van der Waals surface area contributed by atoms with Gasteiger partial charge in [-0.3, -0.25) is 14.4 Å². The van der Waals surface area contributed by atoms with Crippen molar-refractivity contribution in [3.05, 3.63) is 47.0 Å². The number of benzene rings is 1. The number of Topliss-reactive ketones (excluding diaryl/α,β-unsaturated/α-hetero) is 1. The lowest BCUT2D eigenvalue weighted by atomic mass is 9.44. The number of ketones is 1. The zero-order valence-electron chi connectivity index (χ0n) is 36.3. The first kappa shape index (κ1) is 46.1. The van der Waals surface area contributed by atoms with Crippen molar-refractivity contribution >= 4 is 35.8 Å². The van der Waals surface area contributed by atoms with E-state index in [-0.39, 0.29) is 54.6 Å². The molecule has 1 aromatic rings. The molecule has 4 fully saturated rings. The van der Waals surface area contributed by atoms with Crippen LogP contribution in [0.3, 0.4) is 0 Å². The summed E-state index contributed by atoms with van der Waals surface area (Å²) in [6.07, 6.45) is -8.09. The van der Waals surface area contributed by atoms with E-state index in [1.165, 1.54) is 26.0 Å². The van der Waals surface area contributed by atoms with E-state index in [2.05, 4.69) is 5.32 Å². The van der Waals surface area contributed by atoms with Crippen molar-refractivity contribution in [1.82, 2.24) is 5.32 Å². The molecule has 5 aliphatic rings. The van der Waals surface area contributed by atoms with Crippen molar-refractivity contribution in [3.8, 4) is 0 Å². The molecule has 16 nitrogen and oxygen atoms in total. The summed E-state index contributed by atoms with van der Waals surface area (Å²) >= 11 is 0. The second-order valence-corrected chi connectivity index (χ2v) is 18.6. The zero-order valence-corrected chi connectivity index (χ0v) is 36.3. The molecule has 0 unspecified atom stereocenters. The number of aliphatic hydroxyl groups is 3. The maximum Gasteiger partial charge on any atom is 0.407 e. The van der Waals surface area contributed by atoms with Gasteiger partial charge >= 0.3 is 30.0 Å². The number of amides is 1. The molecule has 4 aliphatic carbocycles. The van der Waals surface area contributed by atoms with Gasteiger partial charge < -0.3 is 49.1 Å². The lowest BCUT2D eigenvalue weighted by Crippen LogP contribution is -2.82. The van der Waals surface area contributed by atoms with Crippen molar-refractivity contribution in [3.63, 3.8) is 0 Å². The first-order valence-electron chi connectivity index (χ1n) is 21.4. The van der Waals surface area contributed by atoms with Crippen molar-refractivity contribution in [2.45, 2.75) is 167 Å². The van der Waals surface area contributed by atoms with Gasteiger partial charge in [0.1, 0.15) is 30.0 Å². The summed E-state index contributed by atoms with van der Waals surface area (Å²) in [5, 5.41) is 39.9. The Bertz CT molecular complexity index is 1910. The second-order valence-electron chi connectivity index (χ2n) is 18.6. The molecule has 6 rings (SSSR count). The Kier molecular flexibility index (Phi) is 13.2. The monoisotopic (exact) mass is 855 g/mol. The molecular weight excluding hydrogens is 794 g/mol. The summed E-state index contributed by atoms with van der Waals surface area (Å²) in [7, 11) is 0. The van der Waals surface area contributed by atoms with Crippen LogP contribution in [0.5, 0.6) is 0 Å². The first-order valence-corrected chi connectivity index (χ1v) is 21.4. The van der Waals surface area contributed by atoms with Gasteiger partial charge in [-0.25, -0.2) is 14.4 Å². The molecule has 2 bridgehead atoms. The van der Waals surface area contributed by atoms with Crippen LogP contribution in [-0.4, -0.2) is 118 Å². The fourth-order valence-corrected chi connectivity index (χ4v) is 10.6. The van der Waals surface area contributed by atoms with Crippen LogP contribution in [0.15, 0.2) is 41.5 Å². The average Bonchev–Trinajstić information content (AvgIpc) is 3.71. The van der Waals surface area contributed by atoms with Crippen molar-refractivity contribution < 1.29 is 72.5 Å². The van der Waals surface area contributed by atoms with Gasteiger partial charge in [0.05, 0.1) is 35.6 Å². The number of fused-ring (bicyclic) bond motifs is 5. The fraction of sp³-hybridized carbons (Fsp3) is 0.689. The van der Waals surface area contributed by atoms with E-state index in [9.17, 15) is 39.3 Å². The SMILES string of the molecule is CCC(=O)O[C@H]1C(=O)[C@@]2(C)[C@H]([C@H](OC(=O)c3ccccc3)[C@]3(O)C[C@H](OC(=O)[C@H](O)[C@H](CC(C)C)NC(=O)OC4CCCC4)C(C)=C1C3(C)C)[C@]1(OC(C)=O)CO[C@@H]1C[C@@H]2O. The molecule has 1 aliphatic heterocycles. The Balaban J connectivity index is 1.51. The van der Waals surface area contributed by atoms with E-state index in [0.29, 0.717) is 12.8 Å². The lowest BCUT2D eigenvalue weighted by molar-refractivity contribution is -0.346. The number of ether oxygens (including phenoxy) is 6. The molecule has 0 spiro atoms. The topological polar surface area (TPSA) is 231 Å². The smallest absolute Gasteiger partial charge is 0.407 e. The minimum absolute atomic E-state index is 0.0264. The van der Waals surface area contributed by atoms with Crippen LogP contribution in [0.4, 0.5) is 4.79 Å². The molecule has 1 heterocycles. The highest BCUT2D eigenvalue weighted by molar-refractivity contribution is 5.95. The van der Waals surface area contributed by atoms with Gasteiger partial charge in [-0.2, -0.15) is 0 Å². The highest BCUT2D eigenvalue weighted by Crippen LogP contribution is 2.64. The predicted octanol–water partition coefficient (Wildman–Crippen LogP) is 4.04. The summed E-state index contributed by atoms with van der Waals surface area (Å²) in [6, 6.07) is 6.74. The van der Waals surface area contributed by atoms with E-state index in [0.717, 1.165) is 19.8 Å². The molecular formula is C45H61NO15. The van der Waals surface area contributed by atoms with Gasteiger partial charge in [0.2, 0.25) is 0 Å². The normalized spacial score (nSPS) is 34.0. The van der Waals surface area contributed by atoms with Gasteiger partial charge in [-0.1, -0.05) is 52.8 Å². The quantitative estimate of drug-likeness (QED) is 0.132. The number of nitrogens with one attached hydrogen (secondary N) is 1. The molecule has 1 amide bonds. The van der Waals surface area contributed by atoms with Crippen LogP contribution in [0.1, 0.15) is 117 Å². The maximum atomic E-state index is 15.5. The van der Waals surface area contributed by atoms with Crippen molar-refractivity contribution in [2.75, 3.05) is 6.61 Å². The van der Waals surface area contributed by atoms with Gasteiger partial charge in [0.15, 0.2) is 23.6 Å². The Morgan fingerprint density at radius 3 is 2.21 bits per heavy atom. The first-order chi connectivity index (χ1) is 28.6. The summed E-state index contributed by atoms with van der Waals surface area (Å²) in [4.78, 5) is 83.2. The third-order valence-electron chi connectivity index (χ3n) is 13.9. The van der Waals surface area contributed by atoms with Gasteiger partial charge in [-0.05, 0) is 75.1 Å². The largest absolute Gasteiger partial charge is 0.456 e. The molecule has 0 radical (unpaired) electrons. The summed E-state index contributed by atoms with van der Waals surface area (Å²) < 4.78 is 36.0. The number of rotatable bonds is 12. The van der Waals surface area contributed by atoms with E-state index in [4.69, 9.17) is 28.4 Å². The molecule has 1 aromatic carbocycles. The van der Waals surface area contributed by atoms with Crippen LogP contribution in [0, 0.1) is 22.7 Å². The summed E-state index contributed by atoms with van der Waals surface area (Å²) in [6.45, 7) is 12.2. The van der Waals surface area contributed by atoms with Crippen molar-refractivity contribution in [2.24, 2.45) is 22.7 Å². The van der Waals surface area contributed by atoms with E-state index in [1.54, 1.807) is 39.0 Å². The standard InChI is InChI=1S/C45H61NO15/c1-9-32(49)59-35-33-24(4)29(58-40(53)34(50)28(19-23(2)3)46-41(54)57-27-17-13-14-18-27)21-45(55,42(33,6)7)38(60-39(52)26-15-11-10-12-16-26)36-43(8,37(35)51)30(48)20-31-44(36,22-56-31)61-25(5)47/h10-12,15-16,23,27-31,34-36,38,48,50,55H,9,13-14,17-22H2,1-8H3,(H,46,54)/t28-,29-,30-,31+,34+,35+,36-,38-,43+,44-,45+/m0/s1. The average molecular weight is 856 g/mol. The van der Waals surface area contributed by atoms with Crippen LogP contribution in [-0.2, 0) is 47.6 Å². The predicted molar refractivity (Wildman–Crippen MR) is 214 cm³/mol. The Labute approximate surface area is 356 Å². The zero-order chi connectivity index (χ0) is 44.8. The van der Waals surface area contributed by atoms with Gasteiger partial charge in [-0.15, -0.1) is 0 Å². The number of carbonyl (C=O) groups excluding carboxylic acids is 6. The lowest BCUT2D eigenvalue weighted by Gasteiger charge is -2.67. The molecule has 3 saturated carbocycles. The van der Waals surface area contributed by atoms with Crippen LogP contribution in [0.25, 0.3) is 0 Å². The Morgan fingerprint density at radius 1 is 0.984 bits per heavy atom. The molecule has 4 N–H and O–H groups in total. The third kappa shape index (κ3) is 8.20. The highest BCUT2D eigenvalue weighted by atomic mass is 16.6. The minimum atomic E-state index is -2.36. The summed E-state index contributed by atoms with van der Waals surface area (Å²) in [5.74, 6) is -6.13.